The normalized spacial score (nSPS) is 14.6. The highest BCUT2D eigenvalue weighted by molar-refractivity contribution is 5.79. The van der Waals surface area contributed by atoms with Gasteiger partial charge in [-0.2, -0.15) is 13.2 Å². The Morgan fingerprint density at radius 1 is 1.29 bits per heavy atom. The molecule has 0 bridgehead atoms. The number of amides is 1. The molecule has 0 heterocycles. The second-order valence-electron chi connectivity index (χ2n) is 5.07. The summed E-state index contributed by atoms with van der Waals surface area (Å²) >= 11 is 0. The second-order valence-corrected chi connectivity index (χ2v) is 5.07. The van der Waals surface area contributed by atoms with E-state index in [4.69, 9.17) is 5.73 Å². The summed E-state index contributed by atoms with van der Waals surface area (Å²) in [6.45, 7) is 3.97. The third-order valence-corrected chi connectivity index (χ3v) is 3.39. The van der Waals surface area contributed by atoms with E-state index in [1.807, 2.05) is 6.92 Å². The van der Waals surface area contributed by atoms with Crippen LogP contribution in [0.3, 0.4) is 0 Å². The van der Waals surface area contributed by atoms with Crippen molar-refractivity contribution in [2.24, 2.45) is 11.7 Å². The first-order valence-electron chi connectivity index (χ1n) is 6.97. The number of halogens is 3. The summed E-state index contributed by atoms with van der Waals surface area (Å²) in [6.07, 6.45) is -2.80. The number of benzene rings is 1. The molecule has 0 aliphatic carbocycles. The topological polar surface area (TPSA) is 55.1 Å². The van der Waals surface area contributed by atoms with Gasteiger partial charge >= 0.3 is 6.18 Å². The summed E-state index contributed by atoms with van der Waals surface area (Å²) in [5.74, 6) is -0.418. The van der Waals surface area contributed by atoms with Gasteiger partial charge < -0.3 is 11.1 Å². The number of rotatable bonds is 6. The van der Waals surface area contributed by atoms with Gasteiger partial charge in [0.1, 0.15) is 0 Å². The van der Waals surface area contributed by atoms with Crippen molar-refractivity contribution in [1.29, 1.82) is 0 Å². The van der Waals surface area contributed by atoms with Crippen molar-refractivity contribution in [3.05, 3.63) is 35.4 Å². The summed E-state index contributed by atoms with van der Waals surface area (Å²) in [7, 11) is 0. The van der Waals surface area contributed by atoms with Crippen LogP contribution < -0.4 is 11.1 Å². The maximum atomic E-state index is 12.5. The van der Waals surface area contributed by atoms with E-state index in [0.717, 1.165) is 18.6 Å². The van der Waals surface area contributed by atoms with Gasteiger partial charge in [-0.05, 0) is 31.0 Å². The number of carbonyl (C=O) groups excluding carboxylic acids is 1. The Morgan fingerprint density at radius 3 is 2.29 bits per heavy atom. The predicted molar refractivity (Wildman–Crippen MR) is 75.5 cm³/mol. The van der Waals surface area contributed by atoms with Gasteiger partial charge in [-0.25, -0.2) is 0 Å². The largest absolute Gasteiger partial charge is 0.416 e. The monoisotopic (exact) mass is 302 g/mol. The van der Waals surface area contributed by atoms with Gasteiger partial charge in [-0.15, -0.1) is 0 Å². The zero-order valence-corrected chi connectivity index (χ0v) is 12.2. The van der Waals surface area contributed by atoms with Crippen molar-refractivity contribution >= 4 is 5.91 Å². The number of carbonyl (C=O) groups is 1. The number of alkyl halides is 3. The molecule has 21 heavy (non-hydrogen) atoms. The Morgan fingerprint density at radius 2 is 1.86 bits per heavy atom. The molecule has 3 nitrogen and oxygen atoms in total. The molecule has 1 aromatic carbocycles. The summed E-state index contributed by atoms with van der Waals surface area (Å²) in [5.41, 5.74) is 5.49. The number of hydrogen-bond acceptors (Lipinski definition) is 2. The maximum absolute atomic E-state index is 12.5. The Kier molecular flexibility index (Phi) is 6.20. The van der Waals surface area contributed by atoms with Crippen molar-refractivity contribution in [2.45, 2.75) is 38.9 Å². The van der Waals surface area contributed by atoms with E-state index in [2.05, 4.69) is 5.32 Å². The van der Waals surface area contributed by atoms with Crippen LogP contribution >= 0.6 is 0 Å². The zero-order valence-electron chi connectivity index (χ0n) is 12.2. The first kappa shape index (κ1) is 17.5. The molecule has 1 amide bonds. The molecular weight excluding hydrogens is 281 g/mol. The van der Waals surface area contributed by atoms with Crippen molar-refractivity contribution in [3.8, 4) is 0 Å². The van der Waals surface area contributed by atoms with Crippen LogP contribution in [0.15, 0.2) is 24.3 Å². The molecule has 0 spiro atoms. The van der Waals surface area contributed by atoms with Gasteiger partial charge in [0.25, 0.3) is 0 Å². The lowest BCUT2D eigenvalue weighted by Crippen LogP contribution is -2.36. The van der Waals surface area contributed by atoms with Crippen LogP contribution in [-0.2, 0) is 11.0 Å². The molecular formula is C15H21F3N2O. The molecule has 0 aromatic heterocycles. The molecule has 0 aliphatic rings. The molecule has 2 unspecified atom stereocenters. The van der Waals surface area contributed by atoms with Crippen LogP contribution in [0.1, 0.15) is 43.9 Å². The maximum Gasteiger partial charge on any atom is 0.416 e. The summed E-state index contributed by atoms with van der Waals surface area (Å²) in [6, 6.07) is 4.44. The minimum absolute atomic E-state index is 0.160. The first-order valence-corrected chi connectivity index (χ1v) is 6.97. The van der Waals surface area contributed by atoms with Crippen LogP contribution in [-0.4, -0.2) is 12.5 Å². The average Bonchev–Trinajstić information content (AvgIpc) is 2.43. The molecule has 118 valence electrons. The fraction of sp³-hybridized carbons (Fsp3) is 0.533. The van der Waals surface area contributed by atoms with Crippen LogP contribution in [0.2, 0.25) is 0 Å². The summed E-state index contributed by atoms with van der Waals surface area (Å²) in [5, 5.41) is 2.79. The lowest BCUT2D eigenvalue weighted by Gasteiger charge is -2.19. The highest BCUT2D eigenvalue weighted by atomic mass is 19.4. The van der Waals surface area contributed by atoms with E-state index in [-0.39, 0.29) is 24.4 Å². The smallest absolute Gasteiger partial charge is 0.349 e. The van der Waals surface area contributed by atoms with Gasteiger partial charge in [-0.1, -0.05) is 25.5 Å². The Hall–Kier alpha value is -1.56. The molecule has 1 rings (SSSR count). The molecule has 0 saturated carbocycles. The standard InChI is InChI=1S/C15H21F3N2O/c1-3-4-12(9-19)14(21)20-10(2)11-5-7-13(8-6-11)15(16,17)18/h5-8,10,12H,3-4,9,19H2,1-2H3,(H,20,21). The molecule has 6 heteroatoms. The number of hydrogen-bond donors (Lipinski definition) is 2. The molecule has 2 atom stereocenters. The molecule has 1 aromatic rings. The number of nitrogens with two attached hydrogens (primary N) is 1. The minimum Gasteiger partial charge on any atom is -0.349 e. The van der Waals surface area contributed by atoms with Crippen LogP contribution in [0.25, 0.3) is 0 Å². The molecule has 3 N–H and O–H groups in total. The quantitative estimate of drug-likeness (QED) is 0.847. The molecule has 0 saturated heterocycles. The second kappa shape index (κ2) is 7.45. The predicted octanol–water partition coefficient (Wildman–Crippen LogP) is 3.26. The van der Waals surface area contributed by atoms with Crippen molar-refractivity contribution in [1.82, 2.24) is 5.32 Å². The molecule has 0 fully saturated rings. The van der Waals surface area contributed by atoms with E-state index in [1.165, 1.54) is 12.1 Å². The highest BCUT2D eigenvalue weighted by Gasteiger charge is 2.30. The first-order chi connectivity index (χ1) is 9.79. The summed E-state index contributed by atoms with van der Waals surface area (Å²) in [4.78, 5) is 12.0. The van der Waals surface area contributed by atoms with Gasteiger partial charge in [0.15, 0.2) is 0 Å². The Bertz CT molecular complexity index is 457. The Balaban J connectivity index is 2.71. The van der Waals surface area contributed by atoms with Crippen molar-refractivity contribution in [2.75, 3.05) is 6.54 Å². The summed E-state index contributed by atoms with van der Waals surface area (Å²) < 4.78 is 37.5. The van der Waals surface area contributed by atoms with Gasteiger partial charge in [-0.3, -0.25) is 4.79 Å². The van der Waals surface area contributed by atoms with Crippen LogP contribution in [0.5, 0.6) is 0 Å². The third kappa shape index (κ3) is 5.04. The fourth-order valence-corrected chi connectivity index (χ4v) is 2.08. The molecule has 0 radical (unpaired) electrons. The highest BCUT2D eigenvalue weighted by Crippen LogP contribution is 2.29. The minimum atomic E-state index is -4.35. The van der Waals surface area contributed by atoms with Crippen LogP contribution in [0, 0.1) is 5.92 Å². The fourth-order valence-electron chi connectivity index (χ4n) is 2.08. The van der Waals surface area contributed by atoms with E-state index >= 15 is 0 Å². The van der Waals surface area contributed by atoms with Crippen LogP contribution in [0.4, 0.5) is 13.2 Å². The lowest BCUT2D eigenvalue weighted by molar-refractivity contribution is -0.137. The number of nitrogens with one attached hydrogen (secondary N) is 1. The van der Waals surface area contributed by atoms with Crippen molar-refractivity contribution < 1.29 is 18.0 Å². The average molecular weight is 302 g/mol. The SMILES string of the molecule is CCCC(CN)C(=O)NC(C)c1ccc(C(F)(F)F)cc1. The van der Waals surface area contributed by atoms with Gasteiger partial charge in [0.05, 0.1) is 17.5 Å². The third-order valence-electron chi connectivity index (χ3n) is 3.39. The van der Waals surface area contributed by atoms with Gasteiger partial charge in [0.2, 0.25) is 5.91 Å². The lowest BCUT2D eigenvalue weighted by atomic mass is 10.0. The van der Waals surface area contributed by atoms with Gasteiger partial charge in [0, 0.05) is 6.54 Å². The van der Waals surface area contributed by atoms with E-state index in [1.54, 1.807) is 6.92 Å². The Labute approximate surface area is 122 Å². The zero-order chi connectivity index (χ0) is 16.0. The van der Waals surface area contributed by atoms with E-state index in [0.29, 0.717) is 12.0 Å². The van der Waals surface area contributed by atoms with E-state index in [9.17, 15) is 18.0 Å². The van der Waals surface area contributed by atoms with Crippen molar-refractivity contribution in [3.63, 3.8) is 0 Å². The van der Waals surface area contributed by atoms with E-state index < -0.39 is 11.7 Å². The molecule has 0 aliphatic heterocycles.